The largest absolute Gasteiger partial charge is 0.392 e. The lowest BCUT2D eigenvalue weighted by atomic mass is 10.0. The van der Waals surface area contributed by atoms with Crippen LogP contribution < -0.4 is 0 Å². The van der Waals surface area contributed by atoms with E-state index in [1.807, 2.05) is 6.20 Å². The van der Waals surface area contributed by atoms with E-state index >= 15 is 0 Å². The maximum Gasteiger partial charge on any atom is 0.0667 e. The first-order valence-corrected chi connectivity index (χ1v) is 6.57. The van der Waals surface area contributed by atoms with Gasteiger partial charge in [0.05, 0.1) is 6.10 Å². The number of hydrogen-bond acceptors (Lipinski definition) is 3. The van der Waals surface area contributed by atoms with Gasteiger partial charge in [-0.3, -0.25) is 9.88 Å². The van der Waals surface area contributed by atoms with Crippen molar-refractivity contribution in [2.45, 2.75) is 45.3 Å². The first-order chi connectivity index (χ1) is 8.20. The molecule has 0 amide bonds. The number of aryl methyl sites for hydroxylation is 1. The van der Waals surface area contributed by atoms with Crippen LogP contribution in [0.1, 0.15) is 44.0 Å². The lowest BCUT2D eigenvalue weighted by Crippen LogP contribution is -2.39. The molecule has 1 aliphatic heterocycles. The van der Waals surface area contributed by atoms with E-state index in [4.69, 9.17) is 0 Å². The minimum Gasteiger partial charge on any atom is -0.392 e. The molecule has 1 aliphatic rings. The Morgan fingerprint density at radius 2 is 2.35 bits per heavy atom. The average molecular weight is 234 g/mol. The van der Waals surface area contributed by atoms with Crippen LogP contribution >= 0.6 is 0 Å². The maximum atomic E-state index is 9.70. The van der Waals surface area contributed by atoms with E-state index in [2.05, 4.69) is 35.9 Å². The Labute approximate surface area is 103 Å². The number of piperidine rings is 1. The van der Waals surface area contributed by atoms with Crippen molar-refractivity contribution in [2.24, 2.45) is 0 Å². The SMILES string of the molecule is CCc1ccc([C@@H](C)N2CCC[C@@H](O)C2)cn1. The molecule has 2 rings (SSSR count). The highest BCUT2D eigenvalue weighted by Crippen LogP contribution is 2.23. The lowest BCUT2D eigenvalue weighted by Gasteiger charge is -2.34. The van der Waals surface area contributed by atoms with Crippen LogP contribution in [0.5, 0.6) is 0 Å². The van der Waals surface area contributed by atoms with Crippen molar-refractivity contribution >= 4 is 0 Å². The van der Waals surface area contributed by atoms with Crippen LogP contribution in [0, 0.1) is 0 Å². The third kappa shape index (κ3) is 3.05. The first-order valence-electron chi connectivity index (χ1n) is 6.57. The summed E-state index contributed by atoms with van der Waals surface area (Å²) in [6, 6.07) is 4.62. The molecule has 0 saturated carbocycles. The summed E-state index contributed by atoms with van der Waals surface area (Å²) >= 11 is 0. The second kappa shape index (κ2) is 5.61. The van der Waals surface area contributed by atoms with Gasteiger partial charge in [0, 0.05) is 24.5 Å². The molecule has 1 fully saturated rings. The molecular formula is C14H22N2O. The zero-order chi connectivity index (χ0) is 12.3. The third-order valence-electron chi connectivity index (χ3n) is 3.67. The molecule has 0 radical (unpaired) electrons. The van der Waals surface area contributed by atoms with Gasteiger partial charge < -0.3 is 5.11 Å². The van der Waals surface area contributed by atoms with Crippen LogP contribution in [0.2, 0.25) is 0 Å². The zero-order valence-corrected chi connectivity index (χ0v) is 10.8. The van der Waals surface area contributed by atoms with Crippen molar-refractivity contribution in [3.05, 3.63) is 29.6 Å². The number of aliphatic hydroxyl groups is 1. The fourth-order valence-electron chi connectivity index (χ4n) is 2.44. The molecule has 2 heterocycles. The van der Waals surface area contributed by atoms with E-state index in [-0.39, 0.29) is 6.10 Å². The molecule has 1 N–H and O–H groups in total. The molecule has 0 aromatic carbocycles. The molecule has 3 nitrogen and oxygen atoms in total. The number of hydrogen-bond donors (Lipinski definition) is 1. The molecule has 1 aromatic heterocycles. The van der Waals surface area contributed by atoms with Crippen molar-refractivity contribution in [1.82, 2.24) is 9.88 Å². The lowest BCUT2D eigenvalue weighted by molar-refractivity contribution is 0.0503. The molecule has 94 valence electrons. The molecule has 1 saturated heterocycles. The fourth-order valence-corrected chi connectivity index (χ4v) is 2.44. The molecule has 17 heavy (non-hydrogen) atoms. The second-order valence-electron chi connectivity index (χ2n) is 4.90. The molecule has 0 aliphatic carbocycles. The average Bonchev–Trinajstić information content (AvgIpc) is 2.38. The zero-order valence-electron chi connectivity index (χ0n) is 10.8. The number of β-amino-alcohol motifs (C(OH)–C–C–N with tert-alkyl or cyclic N) is 1. The fraction of sp³-hybridized carbons (Fsp3) is 0.643. The summed E-state index contributed by atoms with van der Waals surface area (Å²) in [7, 11) is 0. The summed E-state index contributed by atoms with van der Waals surface area (Å²) in [6.45, 7) is 6.18. The van der Waals surface area contributed by atoms with Crippen LogP contribution in [0.4, 0.5) is 0 Å². The van der Waals surface area contributed by atoms with Crippen molar-refractivity contribution in [1.29, 1.82) is 0 Å². The van der Waals surface area contributed by atoms with Crippen LogP contribution in [-0.4, -0.2) is 34.2 Å². The van der Waals surface area contributed by atoms with E-state index in [1.165, 1.54) is 5.56 Å². The summed E-state index contributed by atoms with van der Waals surface area (Å²) in [5, 5.41) is 9.70. The summed E-state index contributed by atoms with van der Waals surface area (Å²) < 4.78 is 0. The number of likely N-dealkylation sites (tertiary alicyclic amines) is 1. The summed E-state index contributed by atoms with van der Waals surface area (Å²) in [5.74, 6) is 0. The molecule has 0 bridgehead atoms. The van der Waals surface area contributed by atoms with Gasteiger partial charge in [-0.1, -0.05) is 13.0 Å². The van der Waals surface area contributed by atoms with E-state index in [1.54, 1.807) is 0 Å². The number of pyridine rings is 1. The Balaban J connectivity index is 2.04. The maximum absolute atomic E-state index is 9.70. The smallest absolute Gasteiger partial charge is 0.0667 e. The van der Waals surface area contributed by atoms with Gasteiger partial charge in [0.25, 0.3) is 0 Å². The van der Waals surface area contributed by atoms with Crippen molar-refractivity contribution in [3.8, 4) is 0 Å². The third-order valence-corrected chi connectivity index (χ3v) is 3.67. The van der Waals surface area contributed by atoms with Gasteiger partial charge in [-0.25, -0.2) is 0 Å². The van der Waals surface area contributed by atoms with Gasteiger partial charge >= 0.3 is 0 Å². The van der Waals surface area contributed by atoms with Crippen LogP contribution in [0.15, 0.2) is 18.3 Å². The Hall–Kier alpha value is -0.930. The number of aromatic nitrogens is 1. The number of nitrogens with zero attached hydrogens (tertiary/aromatic N) is 2. The van der Waals surface area contributed by atoms with Gasteiger partial charge in [0.2, 0.25) is 0 Å². The van der Waals surface area contributed by atoms with Crippen molar-refractivity contribution in [3.63, 3.8) is 0 Å². The predicted molar refractivity (Wildman–Crippen MR) is 68.8 cm³/mol. The highest BCUT2D eigenvalue weighted by atomic mass is 16.3. The van der Waals surface area contributed by atoms with Crippen LogP contribution in [0.3, 0.4) is 0 Å². The molecule has 0 spiro atoms. The van der Waals surface area contributed by atoms with Crippen LogP contribution in [-0.2, 0) is 6.42 Å². The van der Waals surface area contributed by atoms with Gasteiger partial charge in [-0.05, 0) is 44.4 Å². The second-order valence-corrected chi connectivity index (χ2v) is 4.90. The normalized spacial score (nSPS) is 23.6. The molecule has 0 unspecified atom stereocenters. The van der Waals surface area contributed by atoms with E-state index in [0.29, 0.717) is 6.04 Å². The van der Waals surface area contributed by atoms with Gasteiger partial charge in [-0.2, -0.15) is 0 Å². The summed E-state index contributed by atoms with van der Waals surface area (Å²) in [6.07, 6.45) is 4.83. The summed E-state index contributed by atoms with van der Waals surface area (Å²) in [5.41, 5.74) is 2.39. The standard InChI is InChI=1S/C14H22N2O/c1-3-13-7-6-12(9-15-13)11(2)16-8-4-5-14(17)10-16/h6-7,9,11,14,17H,3-5,8,10H2,1-2H3/t11-,14-/m1/s1. The highest BCUT2D eigenvalue weighted by molar-refractivity contribution is 5.17. The topological polar surface area (TPSA) is 36.4 Å². The molecule has 1 aromatic rings. The number of rotatable bonds is 3. The van der Waals surface area contributed by atoms with E-state index < -0.39 is 0 Å². The van der Waals surface area contributed by atoms with E-state index in [0.717, 1.165) is 38.0 Å². The van der Waals surface area contributed by atoms with Gasteiger partial charge in [0.15, 0.2) is 0 Å². The Morgan fingerprint density at radius 1 is 1.53 bits per heavy atom. The Morgan fingerprint density at radius 3 is 2.94 bits per heavy atom. The number of aliphatic hydroxyl groups excluding tert-OH is 1. The Bertz CT molecular complexity index is 350. The molecule has 2 atom stereocenters. The minimum atomic E-state index is -0.158. The monoisotopic (exact) mass is 234 g/mol. The summed E-state index contributed by atoms with van der Waals surface area (Å²) in [4.78, 5) is 6.79. The first kappa shape index (κ1) is 12.5. The van der Waals surface area contributed by atoms with Gasteiger partial charge in [0.1, 0.15) is 0 Å². The van der Waals surface area contributed by atoms with Crippen LogP contribution in [0.25, 0.3) is 0 Å². The van der Waals surface area contributed by atoms with E-state index in [9.17, 15) is 5.11 Å². The Kier molecular flexibility index (Phi) is 4.13. The minimum absolute atomic E-state index is 0.158. The van der Waals surface area contributed by atoms with Crippen molar-refractivity contribution in [2.75, 3.05) is 13.1 Å². The van der Waals surface area contributed by atoms with Crippen molar-refractivity contribution < 1.29 is 5.11 Å². The van der Waals surface area contributed by atoms with Gasteiger partial charge in [-0.15, -0.1) is 0 Å². The molecular weight excluding hydrogens is 212 g/mol. The quantitative estimate of drug-likeness (QED) is 0.870. The predicted octanol–water partition coefficient (Wildman–Crippen LogP) is 2.16. The molecule has 3 heteroatoms. The highest BCUT2D eigenvalue weighted by Gasteiger charge is 2.22.